The molecule has 0 saturated carbocycles. The van der Waals surface area contributed by atoms with E-state index in [2.05, 4.69) is 9.97 Å². The van der Waals surface area contributed by atoms with E-state index in [0.717, 1.165) is 27.4 Å². The molecule has 130 valence electrons. The number of nitrogens with one attached hydrogen (secondary N) is 2. The molecule has 1 unspecified atom stereocenters. The van der Waals surface area contributed by atoms with Crippen molar-refractivity contribution in [2.24, 2.45) is 0 Å². The quantitative estimate of drug-likeness (QED) is 0.252. The zero-order valence-electron chi connectivity index (χ0n) is 14.0. The summed E-state index contributed by atoms with van der Waals surface area (Å²) in [5.41, 5.74) is 16.0. The molecule has 0 radical (unpaired) electrons. The van der Waals surface area contributed by atoms with E-state index in [0.29, 0.717) is 23.2 Å². The third-order valence-corrected chi connectivity index (χ3v) is 4.71. The molecule has 0 saturated heterocycles. The predicted molar refractivity (Wildman–Crippen MR) is 103 cm³/mol. The molecular formula is C20H18N4O2. The number of aldehydes is 1. The molecule has 0 fully saturated rings. The Morgan fingerprint density at radius 2 is 1.58 bits per heavy atom. The van der Waals surface area contributed by atoms with Gasteiger partial charge in [0.15, 0.2) is 5.78 Å². The first-order chi connectivity index (χ1) is 12.6. The van der Waals surface area contributed by atoms with E-state index in [1.54, 1.807) is 30.6 Å². The van der Waals surface area contributed by atoms with Crippen LogP contribution in [-0.4, -0.2) is 22.0 Å². The van der Waals surface area contributed by atoms with E-state index in [-0.39, 0.29) is 12.2 Å². The van der Waals surface area contributed by atoms with Crippen LogP contribution in [0.1, 0.15) is 17.0 Å². The lowest BCUT2D eigenvalue weighted by atomic mass is 9.92. The smallest absolute Gasteiger partial charge is 0.151 e. The summed E-state index contributed by atoms with van der Waals surface area (Å²) in [6.45, 7) is 0. The maximum atomic E-state index is 12.9. The number of aromatic amines is 2. The van der Waals surface area contributed by atoms with Gasteiger partial charge in [-0.1, -0.05) is 12.1 Å². The lowest BCUT2D eigenvalue weighted by Crippen LogP contribution is -2.16. The minimum absolute atomic E-state index is 0.157. The van der Waals surface area contributed by atoms with Crippen LogP contribution in [0.15, 0.2) is 48.8 Å². The highest BCUT2D eigenvalue weighted by Gasteiger charge is 2.24. The van der Waals surface area contributed by atoms with Crippen molar-refractivity contribution >= 4 is 45.3 Å². The molecule has 4 rings (SSSR count). The van der Waals surface area contributed by atoms with Gasteiger partial charge in [-0.15, -0.1) is 0 Å². The number of carbonyl (C=O) groups excluding carboxylic acids is 2. The van der Waals surface area contributed by atoms with Gasteiger partial charge in [0.1, 0.15) is 12.2 Å². The van der Waals surface area contributed by atoms with E-state index < -0.39 is 5.92 Å². The number of nitrogen functional groups attached to an aromatic ring is 2. The van der Waals surface area contributed by atoms with E-state index in [9.17, 15) is 9.59 Å². The molecule has 0 amide bonds. The number of H-pyrrole nitrogens is 2. The van der Waals surface area contributed by atoms with Crippen molar-refractivity contribution in [3.05, 3.63) is 59.9 Å². The molecule has 26 heavy (non-hydrogen) atoms. The number of ketones is 1. The van der Waals surface area contributed by atoms with Crippen LogP contribution in [0.5, 0.6) is 0 Å². The normalized spacial score (nSPS) is 12.5. The highest BCUT2D eigenvalue weighted by atomic mass is 16.1. The standard InChI is InChI=1S/C20H18N4O2/c21-12-1-3-14-11(8-23-18(14)6-12)5-20(26)17(10-25)16-9-24-19-7-13(22)2-4-15(16)19/h1-4,6-10,17,23-24H,5,21-22H2. The third kappa shape index (κ3) is 2.61. The molecule has 2 aromatic heterocycles. The molecular weight excluding hydrogens is 328 g/mol. The number of benzene rings is 2. The number of rotatable bonds is 5. The number of anilines is 2. The lowest BCUT2D eigenvalue weighted by Gasteiger charge is -2.08. The van der Waals surface area contributed by atoms with Gasteiger partial charge in [-0.2, -0.15) is 0 Å². The molecule has 0 aliphatic heterocycles. The predicted octanol–water partition coefficient (Wildman–Crippen LogP) is 2.91. The van der Waals surface area contributed by atoms with Crippen molar-refractivity contribution in [3.63, 3.8) is 0 Å². The Kier molecular flexibility index (Phi) is 3.73. The molecule has 6 nitrogen and oxygen atoms in total. The van der Waals surface area contributed by atoms with Gasteiger partial charge < -0.3 is 26.2 Å². The van der Waals surface area contributed by atoms with Crippen molar-refractivity contribution in [2.75, 3.05) is 11.5 Å². The topological polar surface area (TPSA) is 118 Å². The molecule has 6 N–H and O–H groups in total. The number of fused-ring (bicyclic) bond motifs is 2. The SMILES string of the molecule is Nc1ccc2c(CC(=O)C(C=O)c3c[nH]c4cc(N)ccc34)c[nH]c2c1. The number of hydrogen-bond acceptors (Lipinski definition) is 4. The summed E-state index contributed by atoms with van der Waals surface area (Å²) in [5.74, 6) is -0.985. The average Bonchev–Trinajstić information content (AvgIpc) is 3.19. The van der Waals surface area contributed by atoms with Gasteiger partial charge in [0.05, 0.1) is 0 Å². The molecule has 0 spiro atoms. The Morgan fingerprint density at radius 1 is 0.962 bits per heavy atom. The van der Waals surface area contributed by atoms with Crippen LogP contribution in [0.2, 0.25) is 0 Å². The maximum Gasteiger partial charge on any atom is 0.151 e. The van der Waals surface area contributed by atoms with E-state index in [1.807, 2.05) is 18.2 Å². The van der Waals surface area contributed by atoms with E-state index in [4.69, 9.17) is 11.5 Å². The molecule has 2 heterocycles. The summed E-state index contributed by atoms with van der Waals surface area (Å²) in [6, 6.07) is 10.9. The lowest BCUT2D eigenvalue weighted by molar-refractivity contribution is -0.123. The van der Waals surface area contributed by atoms with Crippen LogP contribution in [0.4, 0.5) is 11.4 Å². The summed E-state index contributed by atoms with van der Waals surface area (Å²) >= 11 is 0. The van der Waals surface area contributed by atoms with Gasteiger partial charge in [0.2, 0.25) is 0 Å². The summed E-state index contributed by atoms with van der Waals surface area (Å²) < 4.78 is 0. The average molecular weight is 346 g/mol. The Morgan fingerprint density at radius 3 is 2.27 bits per heavy atom. The van der Waals surface area contributed by atoms with Crippen LogP contribution in [-0.2, 0) is 16.0 Å². The van der Waals surface area contributed by atoms with Crippen LogP contribution in [0.25, 0.3) is 21.8 Å². The number of aromatic nitrogens is 2. The minimum Gasteiger partial charge on any atom is -0.399 e. The highest BCUT2D eigenvalue weighted by Crippen LogP contribution is 2.29. The second kappa shape index (κ2) is 6.07. The van der Waals surface area contributed by atoms with E-state index in [1.165, 1.54) is 0 Å². The van der Waals surface area contributed by atoms with Gasteiger partial charge in [0.25, 0.3) is 0 Å². The Labute approximate surface area is 149 Å². The number of hydrogen-bond donors (Lipinski definition) is 4. The molecule has 0 aliphatic rings. The summed E-state index contributed by atoms with van der Waals surface area (Å²) in [7, 11) is 0. The first-order valence-electron chi connectivity index (χ1n) is 8.27. The monoisotopic (exact) mass is 346 g/mol. The Hall–Kier alpha value is -3.54. The summed E-state index contributed by atoms with van der Waals surface area (Å²) in [4.78, 5) is 30.8. The van der Waals surface area contributed by atoms with Crippen molar-refractivity contribution in [3.8, 4) is 0 Å². The first kappa shape index (κ1) is 16.0. The number of Topliss-reactive ketones (excluding diaryl/α,β-unsaturated/α-hetero) is 1. The molecule has 1 atom stereocenters. The van der Waals surface area contributed by atoms with Crippen molar-refractivity contribution in [2.45, 2.75) is 12.3 Å². The first-order valence-corrected chi connectivity index (χ1v) is 8.27. The fourth-order valence-electron chi connectivity index (χ4n) is 3.39. The van der Waals surface area contributed by atoms with Gasteiger partial charge in [-0.25, -0.2) is 0 Å². The van der Waals surface area contributed by atoms with Crippen molar-refractivity contribution < 1.29 is 9.59 Å². The molecule has 2 aromatic carbocycles. The summed E-state index contributed by atoms with van der Waals surface area (Å²) in [5, 5.41) is 1.76. The Bertz CT molecular complexity index is 1140. The van der Waals surface area contributed by atoms with E-state index >= 15 is 0 Å². The summed E-state index contributed by atoms with van der Waals surface area (Å²) in [6.07, 6.45) is 4.36. The third-order valence-electron chi connectivity index (χ3n) is 4.71. The number of nitrogens with two attached hydrogens (primary N) is 2. The molecule has 6 heteroatoms. The van der Waals surface area contributed by atoms with Gasteiger partial charge in [-0.3, -0.25) is 4.79 Å². The van der Waals surface area contributed by atoms with Gasteiger partial charge in [-0.05, 0) is 35.4 Å². The van der Waals surface area contributed by atoms with Crippen LogP contribution >= 0.6 is 0 Å². The van der Waals surface area contributed by atoms with Crippen molar-refractivity contribution in [1.82, 2.24) is 9.97 Å². The zero-order valence-corrected chi connectivity index (χ0v) is 14.0. The largest absolute Gasteiger partial charge is 0.399 e. The minimum atomic E-state index is -0.828. The molecule has 0 bridgehead atoms. The molecule has 4 aromatic rings. The maximum absolute atomic E-state index is 12.9. The highest BCUT2D eigenvalue weighted by molar-refractivity contribution is 6.05. The van der Waals surface area contributed by atoms with Crippen LogP contribution in [0, 0.1) is 0 Å². The fourth-order valence-corrected chi connectivity index (χ4v) is 3.39. The Balaban J connectivity index is 1.67. The van der Waals surface area contributed by atoms with Gasteiger partial charge >= 0.3 is 0 Å². The van der Waals surface area contributed by atoms with Crippen molar-refractivity contribution in [1.29, 1.82) is 0 Å². The zero-order chi connectivity index (χ0) is 18.3. The fraction of sp³-hybridized carbons (Fsp3) is 0.100. The van der Waals surface area contributed by atoms with Crippen LogP contribution in [0.3, 0.4) is 0 Å². The second-order valence-corrected chi connectivity index (χ2v) is 6.42. The molecule has 0 aliphatic carbocycles. The van der Waals surface area contributed by atoms with Crippen LogP contribution < -0.4 is 11.5 Å². The number of carbonyl (C=O) groups is 2. The second-order valence-electron chi connectivity index (χ2n) is 6.42. The van der Waals surface area contributed by atoms with Gasteiger partial charge in [0, 0.05) is 52.0 Å².